The highest BCUT2D eigenvalue weighted by molar-refractivity contribution is 7.92. The Balaban J connectivity index is 2.04. The van der Waals surface area contributed by atoms with E-state index in [4.69, 9.17) is 23.2 Å². The predicted octanol–water partition coefficient (Wildman–Crippen LogP) is 5.44. The van der Waals surface area contributed by atoms with E-state index in [1.807, 2.05) is 26.8 Å². The number of nitrogens with zero attached hydrogens (tertiary/aromatic N) is 2. The van der Waals surface area contributed by atoms with E-state index in [0.717, 1.165) is 9.87 Å². The molecular weight excluding hydrogens is 545 g/mol. The molecule has 0 radical (unpaired) electrons. The minimum atomic E-state index is -4.11. The Morgan fingerprint density at radius 1 is 0.921 bits per heavy atom. The van der Waals surface area contributed by atoms with Gasteiger partial charge in [-0.25, -0.2) is 8.42 Å². The highest BCUT2D eigenvalue weighted by Crippen LogP contribution is 2.27. The number of amides is 2. The zero-order valence-corrected chi connectivity index (χ0v) is 24.0. The summed E-state index contributed by atoms with van der Waals surface area (Å²) >= 11 is 12.4. The zero-order chi connectivity index (χ0) is 28.0. The number of carbonyl (C=O) groups excluding carboxylic acids is 2. The number of aryl methyl sites for hydroxylation is 1. The molecule has 0 fully saturated rings. The van der Waals surface area contributed by atoms with Crippen LogP contribution in [0, 0.1) is 6.92 Å². The summed E-state index contributed by atoms with van der Waals surface area (Å²) in [5, 5.41) is 3.58. The third-order valence-corrected chi connectivity index (χ3v) is 8.23. The average molecular weight is 577 g/mol. The lowest BCUT2D eigenvalue weighted by Crippen LogP contribution is -2.52. The van der Waals surface area contributed by atoms with E-state index in [1.165, 1.54) is 17.0 Å². The van der Waals surface area contributed by atoms with Crippen molar-refractivity contribution in [3.63, 3.8) is 0 Å². The van der Waals surface area contributed by atoms with Crippen LogP contribution in [-0.2, 0) is 26.2 Å². The van der Waals surface area contributed by atoms with Gasteiger partial charge in [0.2, 0.25) is 11.8 Å². The first kappa shape index (κ1) is 29.5. The molecule has 10 heteroatoms. The lowest BCUT2D eigenvalue weighted by Gasteiger charge is -2.32. The number of carbonyl (C=O) groups is 2. The van der Waals surface area contributed by atoms with Crippen LogP contribution in [0.3, 0.4) is 0 Å². The van der Waals surface area contributed by atoms with Gasteiger partial charge in [0.25, 0.3) is 10.0 Å². The number of halogens is 2. The molecule has 1 atom stereocenters. The van der Waals surface area contributed by atoms with Crippen molar-refractivity contribution in [3.05, 3.63) is 94.0 Å². The second-order valence-electron chi connectivity index (χ2n) is 9.26. The standard InChI is InChI=1S/C28H31Cl2N3O4S/c1-19(2)31-28(35)21(4)32(17-22-13-14-23(29)16-26(22)30)27(34)18-33(24-10-8-9-20(3)15-24)38(36,37)25-11-6-5-7-12-25/h5-16,19,21H,17-18H2,1-4H3,(H,31,35)/t21-/m1/s1. The molecule has 0 unspecified atom stereocenters. The molecule has 0 saturated carbocycles. The van der Waals surface area contributed by atoms with Crippen LogP contribution in [0.1, 0.15) is 31.9 Å². The van der Waals surface area contributed by atoms with Crippen molar-refractivity contribution < 1.29 is 18.0 Å². The summed E-state index contributed by atoms with van der Waals surface area (Å²) < 4.78 is 28.6. The molecule has 0 heterocycles. The van der Waals surface area contributed by atoms with E-state index in [-0.39, 0.29) is 23.4 Å². The van der Waals surface area contributed by atoms with Gasteiger partial charge in [0.1, 0.15) is 12.6 Å². The highest BCUT2D eigenvalue weighted by atomic mass is 35.5. The number of hydrogen-bond donors (Lipinski definition) is 1. The number of nitrogens with one attached hydrogen (secondary N) is 1. The Labute approximate surface area is 234 Å². The minimum Gasteiger partial charge on any atom is -0.352 e. The summed E-state index contributed by atoms with van der Waals surface area (Å²) in [6, 6.07) is 18.6. The van der Waals surface area contributed by atoms with Crippen LogP contribution >= 0.6 is 23.2 Å². The van der Waals surface area contributed by atoms with Crippen molar-refractivity contribution in [1.29, 1.82) is 0 Å². The molecule has 0 saturated heterocycles. The smallest absolute Gasteiger partial charge is 0.264 e. The van der Waals surface area contributed by atoms with E-state index in [2.05, 4.69) is 5.32 Å². The maximum atomic E-state index is 13.9. The van der Waals surface area contributed by atoms with E-state index >= 15 is 0 Å². The molecule has 1 N–H and O–H groups in total. The molecule has 3 aromatic carbocycles. The molecule has 0 aromatic heterocycles. The topological polar surface area (TPSA) is 86.8 Å². The van der Waals surface area contributed by atoms with Gasteiger partial charge in [-0.1, -0.05) is 59.6 Å². The van der Waals surface area contributed by atoms with Crippen molar-refractivity contribution >= 4 is 50.7 Å². The van der Waals surface area contributed by atoms with Crippen LogP contribution in [0.5, 0.6) is 0 Å². The van der Waals surface area contributed by atoms with Gasteiger partial charge in [0.05, 0.1) is 10.6 Å². The largest absolute Gasteiger partial charge is 0.352 e. The lowest BCUT2D eigenvalue weighted by molar-refractivity contribution is -0.139. The van der Waals surface area contributed by atoms with Crippen molar-refractivity contribution in [2.24, 2.45) is 0 Å². The van der Waals surface area contributed by atoms with Gasteiger partial charge in [-0.15, -0.1) is 0 Å². The number of sulfonamides is 1. The molecule has 2 amide bonds. The summed E-state index contributed by atoms with van der Waals surface area (Å²) in [7, 11) is -4.11. The Hall–Kier alpha value is -3.07. The number of hydrogen-bond acceptors (Lipinski definition) is 4. The van der Waals surface area contributed by atoms with E-state index in [0.29, 0.717) is 21.3 Å². The molecule has 0 aliphatic rings. The van der Waals surface area contributed by atoms with Gasteiger partial charge >= 0.3 is 0 Å². The fourth-order valence-electron chi connectivity index (χ4n) is 3.85. The predicted molar refractivity (Wildman–Crippen MR) is 152 cm³/mol. The zero-order valence-electron chi connectivity index (χ0n) is 21.7. The SMILES string of the molecule is Cc1cccc(N(CC(=O)N(Cc2ccc(Cl)cc2Cl)[C@H](C)C(=O)NC(C)C)S(=O)(=O)c2ccccc2)c1. The first-order valence-electron chi connectivity index (χ1n) is 12.1. The summed E-state index contributed by atoms with van der Waals surface area (Å²) in [5.74, 6) is -0.935. The second kappa shape index (κ2) is 12.7. The van der Waals surface area contributed by atoms with Gasteiger partial charge in [0, 0.05) is 22.6 Å². The minimum absolute atomic E-state index is 0.0193. The first-order chi connectivity index (χ1) is 17.9. The molecule has 7 nitrogen and oxygen atoms in total. The van der Waals surface area contributed by atoms with E-state index < -0.39 is 28.5 Å². The quantitative estimate of drug-likeness (QED) is 0.348. The van der Waals surface area contributed by atoms with Crippen LogP contribution in [0.4, 0.5) is 5.69 Å². The van der Waals surface area contributed by atoms with Crippen molar-refractivity contribution in [3.8, 4) is 0 Å². The van der Waals surface area contributed by atoms with Gasteiger partial charge in [-0.05, 0) is 75.2 Å². The third kappa shape index (κ3) is 7.28. The summed E-state index contributed by atoms with van der Waals surface area (Å²) in [6.07, 6.45) is 0. The molecule has 38 heavy (non-hydrogen) atoms. The Morgan fingerprint density at radius 2 is 1.61 bits per heavy atom. The Morgan fingerprint density at radius 3 is 2.21 bits per heavy atom. The second-order valence-corrected chi connectivity index (χ2v) is 12.0. The fraction of sp³-hybridized carbons (Fsp3) is 0.286. The van der Waals surface area contributed by atoms with Gasteiger partial charge < -0.3 is 10.2 Å². The molecule has 0 bridgehead atoms. The molecule has 3 rings (SSSR count). The molecule has 0 spiro atoms. The number of rotatable bonds is 10. The molecule has 3 aromatic rings. The van der Waals surface area contributed by atoms with Crippen LogP contribution < -0.4 is 9.62 Å². The molecular formula is C28H31Cl2N3O4S. The normalized spacial score (nSPS) is 12.2. The van der Waals surface area contributed by atoms with Crippen LogP contribution in [0.2, 0.25) is 10.0 Å². The molecule has 0 aliphatic heterocycles. The van der Waals surface area contributed by atoms with Crippen molar-refractivity contribution in [1.82, 2.24) is 10.2 Å². The van der Waals surface area contributed by atoms with Gasteiger partial charge in [-0.3, -0.25) is 13.9 Å². The Kier molecular flexibility index (Phi) is 9.82. The summed E-state index contributed by atoms with van der Waals surface area (Å²) in [6.45, 7) is 6.53. The third-order valence-electron chi connectivity index (χ3n) is 5.85. The lowest BCUT2D eigenvalue weighted by atomic mass is 10.1. The maximum absolute atomic E-state index is 13.9. The summed E-state index contributed by atoms with van der Waals surface area (Å²) in [4.78, 5) is 28.2. The summed E-state index contributed by atoms with van der Waals surface area (Å²) in [5.41, 5.74) is 1.74. The van der Waals surface area contributed by atoms with E-state index in [9.17, 15) is 18.0 Å². The van der Waals surface area contributed by atoms with Crippen LogP contribution in [0.15, 0.2) is 77.7 Å². The molecule has 0 aliphatic carbocycles. The first-order valence-corrected chi connectivity index (χ1v) is 14.3. The molecule has 202 valence electrons. The highest BCUT2D eigenvalue weighted by Gasteiger charge is 2.33. The van der Waals surface area contributed by atoms with E-state index in [1.54, 1.807) is 61.5 Å². The number of benzene rings is 3. The average Bonchev–Trinajstić information content (AvgIpc) is 2.86. The van der Waals surface area contributed by atoms with Crippen molar-refractivity contribution in [2.45, 2.75) is 51.2 Å². The van der Waals surface area contributed by atoms with Gasteiger partial charge in [0.15, 0.2) is 0 Å². The fourth-order valence-corrected chi connectivity index (χ4v) is 5.75. The van der Waals surface area contributed by atoms with Crippen LogP contribution in [-0.4, -0.2) is 43.8 Å². The van der Waals surface area contributed by atoms with Crippen molar-refractivity contribution in [2.75, 3.05) is 10.8 Å². The number of anilines is 1. The van der Waals surface area contributed by atoms with Gasteiger partial charge in [-0.2, -0.15) is 0 Å². The van der Waals surface area contributed by atoms with Crippen LogP contribution in [0.25, 0.3) is 0 Å². The monoisotopic (exact) mass is 575 g/mol. The maximum Gasteiger partial charge on any atom is 0.264 e. The Bertz CT molecular complexity index is 1400.